The van der Waals surface area contributed by atoms with Gasteiger partial charge in [0.1, 0.15) is 4.32 Å². The number of hydrogen-bond acceptors (Lipinski definition) is 4. The van der Waals surface area contributed by atoms with Crippen LogP contribution in [0.15, 0.2) is 0 Å². The molecule has 0 aliphatic rings. The first-order chi connectivity index (χ1) is 5.72. The lowest BCUT2D eigenvalue weighted by Gasteiger charge is -2.20. The van der Waals surface area contributed by atoms with E-state index in [4.69, 9.17) is 22.1 Å². The van der Waals surface area contributed by atoms with Gasteiger partial charge in [-0.2, -0.15) is 12.6 Å². The molecule has 3 nitrogen and oxygen atoms in total. The molecule has 0 atom stereocenters. The molecule has 0 aromatic rings. The van der Waals surface area contributed by atoms with E-state index in [1.807, 2.05) is 0 Å². The van der Waals surface area contributed by atoms with Crippen LogP contribution in [0.25, 0.3) is 0 Å². The predicted molar refractivity (Wildman–Crippen MR) is 60.0 cm³/mol. The van der Waals surface area contributed by atoms with Crippen molar-refractivity contribution in [2.45, 2.75) is 0 Å². The van der Waals surface area contributed by atoms with Gasteiger partial charge in [-0.25, -0.2) is 0 Å². The van der Waals surface area contributed by atoms with Gasteiger partial charge in [0.15, 0.2) is 0 Å². The number of ether oxygens (including phenoxy) is 1. The summed E-state index contributed by atoms with van der Waals surface area (Å²) < 4.78 is 5.49. The van der Waals surface area contributed by atoms with E-state index in [2.05, 4.69) is 25.3 Å². The van der Waals surface area contributed by atoms with Gasteiger partial charge in [0.25, 0.3) is 0 Å². The molecule has 12 heavy (non-hydrogen) atoms. The fourth-order valence-electron chi connectivity index (χ4n) is 0.663. The lowest BCUT2D eigenvalue weighted by atomic mass is 10.5. The molecule has 0 bridgehead atoms. The van der Waals surface area contributed by atoms with Crippen molar-refractivity contribution in [3.05, 3.63) is 0 Å². The highest BCUT2D eigenvalue weighted by atomic mass is 32.1. The minimum Gasteiger partial charge on any atom is -0.395 e. The third kappa shape index (κ3) is 6.07. The van der Waals surface area contributed by atoms with Gasteiger partial charge >= 0.3 is 0 Å². The molecule has 0 radical (unpaired) electrons. The zero-order chi connectivity index (χ0) is 9.40. The highest BCUT2D eigenvalue weighted by Crippen LogP contribution is 1.96. The maximum Gasteiger partial charge on any atom is 0.133 e. The smallest absolute Gasteiger partial charge is 0.133 e. The Hall–Kier alpha value is 0.510. The maximum atomic E-state index is 8.65. The standard InChI is InChI=1S/C6H13NO2S3/c8-3-1-7(6(11)12)2-4-9-5-10/h8,10H,1-5H2,(H,11,12). The minimum absolute atomic E-state index is 0.0710. The van der Waals surface area contributed by atoms with Crippen LogP contribution in [0, 0.1) is 0 Å². The molecule has 0 fully saturated rings. The van der Waals surface area contributed by atoms with Gasteiger partial charge in [0, 0.05) is 13.1 Å². The molecule has 0 aliphatic heterocycles. The van der Waals surface area contributed by atoms with Crippen molar-refractivity contribution >= 4 is 41.8 Å². The average Bonchev–Trinajstić information content (AvgIpc) is 2.03. The van der Waals surface area contributed by atoms with Gasteiger partial charge in [-0.1, -0.05) is 12.2 Å². The van der Waals surface area contributed by atoms with Crippen LogP contribution in [0.5, 0.6) is 0 Å². The summed E-state index contributed by atoms with van der Waals surface area (Å²) in [4.78, 5) is 1.77. The second-order valence-electron chi connectivity index (χ2n) is 2.03. The third-order valence-electron chi connectivity index (χ3n) is 1.24. The van der Waals surface area contributed by atoms with Crippen LogP contribution in [0.4, 0.5) is 0 Å². The van der Waals surface area contributed by atoms with E-state index in [9.17, 15) is 0 Å². The van der Waals surface area contributed by atoms with Crippen molar-refractivity contribution in [2.24, 2.45) is 0 Å². The Balaban J connectivity index is 3.56. The summed E-state index contributed by atoms with van der Waals surface area (Å²) in [5.74, 6) is 0.395. The summed E-state index contributed by atoms with van der Waals surface area (Å²) in [6.07, 6.45) is 0. The van der Waals surface area contributed by atoms with E-state index in [1.54, 1.807) is 4.90 Å². The summed E-state index contributed by atoms with van der Waals surface area (Å²) in [6.45, 7) is 1.76. The molecular weight excluding hydrogens is 214 g/mol. The van der Waals surface area contributed by atoms with Crippen molar-refractivity contribution < 1.29 is 9.84 Å². The Bertz CT molecular complexity index is 134. The SMILES string of the molecule is OCCN(CCOCS)C(=S)S. The molecule has 0 saturated carbocycles. The first-order valence-corrected chi connectivity index (χ1v) is 4.98. The Morgan fingerprint density at radius 2 is 2.17 bits per heavy atom. The average molecular weight is 227 g/mol. The number of aliphatic hydroxyl groups excluding tert-OH is 1. The molecule has 0 unspecified atom stereocenters. The van der Waals surface area contributed by atoms with Crippen molar-refractivity contribution in [2.75, 3.05) is 32.2 Å². The van der Waals surface area contributed by atoms with Crippen molar-refractivity contribution in [3.8, 4) is 0 Å². The molecular formula is C6H13NO2S3. The van der Waals surface area contributed by atoms with E-state index in [-0.39, 0.29) is 6.61 Å². The van der Waals surface area contributed by atoms with Crippen LogP contribution in [0.1, 0.15) is 0 Å². The van der Waals surface area contributed by atoms with Crippen LogP contribution < -0.4 is 0 Å². The van der Waals surface area contributed by atoms with Gasteiger partial charge < -0.3 is 14.7 Å². The number of nitrogens with zero attached hydrogens (tertiary/aromatic N) is 1. The second-order valence-corrected chi connectivity index (χ2v) is 3.40. The third-order valence-corrected chi connectivity index (χ3v) is 1.96. The number of thiol groups is 2. The summed E-state index contributed by atoms with van der Waals surface area (Å²) in [7, 11) is 0. The van der Waals surface area contributed by atoms with E-state index in [0.717, 1.165) is 0 Å². The number of thiocarbonyl (C=S) groups is 1. The second kappa shape index (κ2) is 8.12. The predicted octanol–water partition coefficient (Wildman–Crippen LogP) is 0.399. The summed E-state index contributed by atoms with van der Waals surface area (Å²) in [5, 5.41) is 8.65. The highest BCUT2D eigenvalue weighted by molar-refractivity contribution is 8.10. The lowest BCUT2D eigenvalue weighted by Crippen LogP contribution is -2.32. The van der Waals surface area contributed by atoms with Crippen LogP contribution >= 0.6 is 37.5 Å². The molecule has 0 aliphatic carbocycles. The first kappa shape index (κ1) is 12.5. The monoisotopic (exact) mass is 227 g/mol. The van der Waals surface area contributed by atoms with Crippen molar-refractivity contribution in [1.29, 1.82) is 0 Å². The fraction of sp³-hybridized carbons (Fsp3) is 0.833. The Labute approximate surface area is 88.9 Å². The maximum absolute atomic E-state index is 8.65. The zero-order valence-corrected chi connectivity index (χ0v) is 9.25. The molecule has 0 saturated heterocycles. The topological polar surface area (TPSA) is 32.7 Å². The fourth-order valence-corrected chi connectivity index (χ4v) is 1.17. The van der Waals surface area contributed by atoms with E-state index >= 15 is 0 Å². The summed E-state index contributed by atoms with van der Waals surface area (Å²) in [6, 6.07) is 0. The van der Waals surface area contributed by atoms with Gasteiger partial charge in [-0.05, 0) is 0 Å². The molecule has 0 heterocycles. The molecule has 6 heteroatoms. The highest BCUT2D eigenvalue weighted by Gasteiger charge is 2.03. The molecule has 0 amide bonds. The molecule has 72 valence electrons. The summed E-state index contributed by atoms with van der Waals surface area (Å²) in [5.41, 5.74) is 0. The van der Waals surface area contributed by atoms with E-state index < -0.39 is 0 Å². The lowest BCUT2D eigenvalue weighted by molar-refractivity contribution is 0.156. The van der Waals surface area contributed by atoms with Crippen LogP contribution in [0.2, 0.25) is 0 Å². The summed E-state index contributed by atoms with van der Waals surface area (Å²) >= 11 is 12.7. The molecule has 0 rings (SSSR count). The Morgan fingerprint density at radius 1 is 1.50 bits per heavy atom. The minimum atomic E-state index is 0.0710. The van der Waals surface area contributed by atoms with E-state index in [1.165, 1.54) is 0 Å². The van der Waals surface area contributed by atoms with Gasteiger partial charge in [-0.3, -0.25) is 0 Å². The molecule has 0 spiro atoms. The number of hydrogen-bond donors (Lipinski definition) is 3. The van der Waals surface area contributed by atoms with Crippen LogP contribution in [-0.2, 0) is 4.74 Å². The number of aliphatic hydroxyl groups is 1. The quantitative estimate of drug-likeness (QED) is 0.265. The van der Waals surface area contributed by atoms with Gasteiger partial charge in [0.2, 0.25) is 0 Å². The van der Waals surface area contributed by atoms with E-state index in [0.29, 0.717) is 30.0 Å². The first-order valence-electron chi connectivity index (χ1n) is 3.49. The van der Waals surface area contributed by atoms with Gasteiger partial charge in [-0.15, -0.1) is 12.6 Å². The van der Waals surface area contributed by atoms with Crippen molar-refractivity contribution in [3.63, 3.8) is 0 Å². The largest absolute Gasteiger partial charge is 0.395 e. The normalized spacial score (nSPS) is 9.92. The Kier molecular flexibility index (Phi) is 8.47. The van der Waals surface area contributed by atoms with Crippen LogP contribution in [-0.4, -0.2) is 46.6 Å². The molecule has 0 aromatic carbocycles. The van der Waals surface area contributed by atoms with Crippen molar-refractivity contribution in [1.82, 2.24) is 4.90 Å². The Morgan fingerprint density at radius 3 is 2.58 bits per heavy atom. The number of rotatable bonds is 6. The molecule has 0 aromatic heterocycles. The van der Waals surface area contributed by atoms with Crippen LogP contribution in [0.3, 0.4) is 0 Å². The zero-order valence-electron chi connectivity index (χ0n) is 6.64. The van der Waals surface area contributed by atoms with Gasteiger partial charge in [0.05, 0.1) is 19.2 Å². The molecule has 1 N–H and O–H groups in total.